The second-order valence-electron chi connectivity index (χ2n) is 3.58. The monoisotopic (exact) mass is 226 g/mol. The lowest BCUT2D eigenvalue weighted by atomic mass is 10.2. The summed E-state index contributed by atoms with van der Waals surface area (Å²) in [5.41, 5.74) is 7.09. The summed E-state index contributed by atoms with van der Waals surface area (Å²) >= 11 is 0. The summed E-state index contributed by atoms with van der Waals surface area (Å²) in [6, 6.07) is -0.256. The predicted octanol–water partition coefficient (Wildman–Crippen LogP) is 0.0550. The highest BCUT2D eigenvalue weighted by Crippen LogP contribution is 2.14. The lowest BCUT2D eigenvalue weighted by Gasteiger charge is -2.12. The van der Waals surface area contributed by atoms with E-state index in [2.05, 4.69) is 15.5 Å². The van der Waals surface area contributed by atoms with E-state index in [1.165, 1.54) is 0 Å². The Morgan fingerprint density at radius 1 is 1.62 bits per heavy atom. The molecule has 6 heteroatoms. The standard InChI is InChI=1S/C10H18N4O2/c1-3-6(5-15)12-10(16)9-8(11)7(4-2)13-14-9/h6,15H,3-5,11H2,1-2H3,(H,12,16)(H,13,14)/t6-/m1/s1. The molecule has 1 heterocycles. The average Bonchev–Trinajstić information content (AvgIpc) is 2.67. The quantitative estimate of drug-likeness (QED) is 0.569. The molecule has 1 aromatic rings. The Morgan fingerprint density at radius 3 is 2.75 bits per heavy atom. The van der Waals surface area contributed by atoms with Crippen molar-refractivity contribution in [3.05, 3.63) is 11.4 Å². The number of hydrogen-bond donors (Lipinski definition) is 4. The highest BCUT2D eigenvalue weighted by Gasteiger charge is 2.18. The summed E-state index contributed by atoms with van der Waals surface area (Å²) in [7, 11) is 0. The zero-order chi connectivity index (χ0) is 12.1. The van der Waals surface area contributed by atoms with E-state index in [0.29, 0.717) is 18.5 Å². The van der Waals surface area contributed by atoms with Crippen molar-refractivity contribution in [1.82, 2.24) is 15.5 Å². The van der Waals surface area contributed by atoms with E-state index in [1.54, 1.807) is 0 Å². The number of hydrogen-bond acceptors (Lipinski definition) is 4. The molecule has 0 saturated heterocycles. The van der Waals surface area contributed by atoms with Crippen molar-refractivity contribution in [3.63, 3.8) is 0 Å². The fourth-order valence-corrected chi connectivity index (χ4v) is 1.36. The second kappa shape index (κ2) is 5.50. The van der Waals surface area contributed by atoms with Gasteiger partial charge < -0.3 is 16.2 Å². The molecule has 1 atom stereocenters. The fourth-order valence-electron chi connectivity index (χ4n) is 1.36. The Bertz CT molecular complexity index is 358. The molecule has 1 aromatic heterocycles. The molecule has 6 nitrogen and oxygen atoms in total. The maximum atomic E-state index is 11.7. The van der Waals surface area contributed by atoms with Crippen LogP contribution in [0.2, 0.25) is 0 Å². The smallest absolute Gasteiger partial charge is 0.274 e. The van der Waals surface area contributed by atoms with Crippen LogP contribution in [-0.2, 0) is 6.42 Å². The first-order valence-electron chi connectivity index (χ1n) is 5.38. The summed E-state index contributed by atoms with van der Waals surface area (Å²) in [5, 5.41) is 18.2. The minimum atomic E-state index is -0.352. The molecular formula is C10H18N4O2. The molecule has 16 heavy (non-hydrogen) atoms. The van der Waals surface area contributed by atoms with Crippen LogP contribution in [0.5, 0.6) is 0 Å². The van der Waals surface area contributed by atoms with Crippen LogP contribution in [0.4, 0.5) is 5.69 Å². The molecule has 1 rings (SSSR count). The zero-order valence-corrected chi connectivity index (χ0v) is 9.58. The number of aliphatic hydroxyl groups excluding tert-OH is 1. The molecule has 0 saturated carbocycles. The first-order valence-corrected chi connectivity index (χ1v) is 5.38. The van der Waals surface area contributed by atoms with E-state index < -0.39 is 0 Å². The molecular weight excluding hydrogens is 208 g/mol. The summed E-state index contributed by atoms with van der Waals surface area (Å²) < 4.78 is 0. The van der Waals surface area contributed by atoms with Gasteiger partial charge in [-0.2, -0.15) is 5.10 Å². The van der Waals surface area contributed by atoms with E-state index >= 15 is 0 Å². The van der Waals surface area contributed by atoms with Crippen LogP contribution < -0.4 is 11.1 Å². The van der Waals surface area contributed by atoms with Gasteiger partial charge >= 0.3 is 0 Å². The topological polar surface area (TPSA) is 104 Å². The number of aryl methyl sites for hydroxylation is 1. The number of aliphatic hydroxyl groups is 1. The number of H-pyrrole nitrogens is 1. The molecule has 0 aliphatic rings. The second-order valence-corrected chi connectivity index (χ2v) is 3.58. The van der Waals surface area contributed by atoms with E-state index in [1.807, 2.05) is 13.8 Å². The third-order valence-electron chi connectivity index (χ3n) is 2.50. The van der Waals surface area contributed by atoms with Crippen LogP contribution in [-0.4, -0.2) is 33.9 Å². The van der Waals surface area contributed by atoms with Crippen molar-refractivity contribution in [1.29, 1.82) is 0 Å². The molecule has 1 amide bonds. The maximum Gasteiger partial charge on any atom is 0.274 e. The molecule has 0 fully saturated rings. The molecule has 0 spiro atoms. The molecule has 0 aliphatic carbocycles. The van der Waals surface area contributed by atoms with Crippen LogP contribution in [0.3, 0.4) is 0 Å². The normalized spacial score (nSPS) is 12.4. The van der Waals surface area contributed by atoms with Gasteiger partial charge in [-0.15, -0.1) is 0 Å². The number of carbonyl (C=O) groups is 1. The minimum Gasteiger partial charge on any atom is -0.395 e. The Morgan fingerprint density at radius 2 is 2.31 bits per heavy atom. The molecule has 0 aromatic carbocycles. The number of anilines is 1. The number of carbonyl (C=O) groups excluding carboxylic acids is 1. The zero-order valence-electron chi connectivity index (χ0n) is 9.58. The van der Waals surface area contributed by atoms with E-state index in [4.69, 9.17) is 10.8 Å². The lowest BCUT2D eigenvalue weighted by molar-refractivity contribution is 0.0911. The van der Waals surface area contributed by atoms with Crippen molar-refractivity contribution in [2.24, 2.45) is 0 Å². The van der Waals surface area contributed by atoms with Gasteiger partial charge in [-0.1, -0.05) is 13.8 Å². The van der Waals surface area contributed by atoms with E-state index in [9.17, 15) is 4.79 Å². The van der Waals surface area contributed by atoms with Crippen LogP contribution in [0, 0.1) is 0 Å². The Hall–Kier alpha value is -1.56. The van der Waals surface area contributed by atoms with Gasteiger partial charge in [-0.05, 0) is 12.8 Å². The highest BCUT2D eigenvalue weighted by atomic mass is 16.3. The number of nitrogens with zero attached hydrogens (tertiary/aromatic N) is 1. The molecule has 0 radical (unpaired) electrons. The number of nitrogens with two attached hydrogens (primary N) is 1. The van der Waals surface area contributed by atoms with Crippen LogP contribution >= 0.6 is 0 Å². The first kappa shape index (κ1) is 12.5. The fraction of sp³-hybridized carbons (Fsp3) is 0.600. The van der Waals surface area contributed by atoms with Crippen molar-refractivity contribution < 1.29 is 9.90 Å². The van der Waals surface area contributed by atoms with Crippen molar-refractivity contribution in [2.45, 2.75) is 32.7 Å². The van der Waals surface area contributed by atoms with Gasteiger partial charge in [-0.25, -0.2) is 0 Å². The van der Waals surface area contributed by atoms with E-state index in [0.717, 1.165) is 5.69 Å². The average molecular weight is 226 g/mol. The predicted molar refractivity (Wildman–Crippen MR) is 61.0 cm³/mol. The molecule has 0 aliphatic heterocycles. The van der Waals surface area contributed by atoms with Crippen LogP contribution in [0.15, 0.2) is 0 Å². The molecule has 0 bridgehead atoms. The van der Waals surface area contributed by atoms with Gasteiger partial charge in [0.1, 0.15) is 0 Å². The van der Waals surface area contributed by atoms with E-state index in [-0.39, 0.29) is 24.2 Å². The van der Waals surface area contributed by atoms with Gasteiger partial charge in [0.25, 0.3) is 5.91 Å². The van der Waals surface area contributed by atoms with Crippen molar-refractivity contribution in [2.75, 3.05) is 12.3 Å². The Balaban J connectivity index is 2.76. The van der Waals surface area contributed by atoms with Crippen LogP contribution in [0.1, 0.15) is 36.5 Å². The number of nitrogen functional groups attached to an aromatic ring is 1. The van der Waals surface area contributed by atoms with Gasteiger partial charge in [0.2, 0.25) is 0 Å². The summed E-state index contributed by atoms with van der Waals surface area (Å²) in [6.07, 6.45) is 1.36. The third kappa shape index (κ3) is 2.52. The van der Waals surface area contributed by atoms with Gasteiger partial charge in [-0.3, -0.25) is 9.89 Å². The maximum absolute atomic E-state index is 11.7. The number of rotatable bonds is 5. The SMILES string of the molecule is CCc1[nH]nc(C(=O)N[C@H](CC)CO)c1N. The molecule has 5 N–H and O–H groups in total. The Kier molecular flexibility index (Phi) is 4.30. The van der Waals surface area contributed by atoms with Crippen molar-refractivity contribution in [3.8, 4) is 0 Å². The van der Waals surface area contributed by atoms with Crippen LogP contribution in [0.25, 0.3) is 0 Å². The summed E-state index contributed by atoms with van der Waals surface area (Å²) in [5.74, 6) is -0.352. The van der Waals surface area contributed by atoms with Gasteiger partial charge in [0.05, 0.1) is 24.0 Å². The van der Waals surface area contributed by atoms with Crippen molar-refractivity contribution >= 4 is 11.6 Å². The summed E-state index contributed by atoms with van der Waals surface area (Å²) in [4.78, 5) is 11.7. The van der Waals surface area contributed by atoms with Gasteiger partial charge in [0, 0.05) is 0 Å². The largest absolute Gasteiger partial charge is 0.395 e. The lowest BCUT2D eigenvalue weighted by Crippen LogP contribution is -2.37. The number of aromatic nitrogens is 2. The van der Waals surface area contributed by atoms with Gasteiger partial charge in [0.15, 0.2) is 5.69 Å². The number of nitrogens with one attached hydrogen (secondary N) is 2. The number of amides is 1. The third-order valence-corrected chi connectivity index (χ3v) is 2.50. The molecule has 0 unspecified atom stereocenters. The minimum absolute atomic E-state index is 0.0901. The first-order chi connectivity index (χ1) is 7.63. The number of aromatic amines is 1. The molecule has 90 valence electrons. The highest BCUT2D eigenvalue weighted by molar-refractivity contribution is 5.97. The Labute approximate surface area is 94.2 Å². The summed E-state index contributed by atoms with van der Waals surface area (Å²) in [6.45, 7) is 3.72.